The van der Waals surface area contributed by atoms with Gasteiger partial charge in [0.1, 0.15) is 0 Å². The largest absolute Gasteiger partial charge is 0.309 e. The van der Waals surface area contributed by atoms with E-state index in [0.29, 0.717) is 11.1 Å². The Morgan fingerprint density at radius 3 is 1.44 bits per heavy atom. The van der Waals surface area contributed by atoms with E-state index >= 15 is 0 Å². The van der Waals surface area contributed by atoms with Crippen LogP contribution >= 0.6 is 0 Å². The summed E-state index contributed by atoms with van der Waals surface area (Å²) < 4.78 is 6.99. The van der Waals surface area contributed by atoms with E-state index in [1.807, 2.05) is 36.4 Å². The highest BCUT2D eigenvalue weighted by atomic mass is 15.0. The predicted molar refractivity (Wildman–Crippen MR) is 224 cm³/mol. The minimum Gasteiger partial charge on any atom is -0.309 e. The van der Waals surface area contributed by atoms with Crippen LogP contribution in [-0.4, -0.2) is 13.7 Å². The Bertz CT molecular complexity index is 3420. The number of hydrogen-bond donors (Lipinski definition) is 0. The Balaban J connectivity index is 1.24. The van der Waals surface area contributed by atoms with Crippen molar-refractivity contribution >= 4 is 65.4 Å². The topological polar surface area (TPSA) is 62.4 Å². The van der Waals surface area contributed by atoms with E-state index in [0.717, 1.165) is 82.8 Å². The molecule has 0 saturated heterocycles. The van der Waals surface area contributed by atoms with Crippen molar-refractivity contribution in [2.45, 2.75) is 0 Å². The van der Waals surface area contributed by atoms with E-state index in [1.165, 1.54) is 10.8 Å². The molecule has 0 amide bonds. The lowest BCUT2D eigenvalue weighted by molar-refractivity contribution is 1.15. The molecule has 0 bridgehead atoms. The molecule has 0 aliphatic heterocycles. The summed E-state index contributed by atoms with van der Waals surface area (Å²) in [6.07, 6.45) is 0. The Hall–Kier alpha value is -7.86. The van der Waals surface area contributed by atoms with Gasteiger partial charge in [0.25, 0.3) is 0 Å². The monoisotopic (exact) mass is 699 g/mol. The van der Waals surface area contributed by atoms with E-state index in [9.17, 15) is 10.5 Å². The van der Waals surface area contributed by atoms with Crippen molar-refractivity contribution in [2.75, 3.05) is 0 Å². The average Bonchev–Trinajstić information content (AvgIpc) is 3.89. The van der Waals surface area contributed by atoms with Crippen LogP contribution < -0.4 is 0 Å². The molecule has 0 unspecified atom stereocenters. The molecule has 0 fully saturated rings. The normalized spacial score (nSPS) is 11.6. The summed E-state index contributed by atoms with van der Waals surface area (Å²) >= 11 is 0. The van der Waals surface area contributed by atoms with Gasteiger partial charge in [0, 0.05) is 43.4 Å². The van der Waals surface area contributed by atoms with Crippen LogP contribution in [0, 0.1) is 22.7 Å². The zero-order valence-corrected chi connectivity index (χ0v) is 29.5. The van der Waals surface area contributed by atoms with Crippen molar-refractivity contribution in [3.05, 3.63) is 187 Å². The predicted octanol–water partition coefficient (Wildman–Crippen LogP) is 12.4. The van der Waals surface area contributed by atoms with Crippen LogP contribution in [0.25, 0.3) is 93.6 Å². The number of para-hydroxylation sites is 5. The Kier molecular flexibility index (Phi) is 6.61. The lowest BCUT2D eigenvalue weighted by Gasteiger charge is -2.19. The molecule has 55 heavy (non-hydrogen) atoms. The molecule has 0 spiro atoms. The van der Waals surface area contributed by atoms with Crippen molar-refractivity contribution in [3.63, 3.8) is 0 Å². The molecule has 8 aromatic carbocycles. The number of nitriles is 2. The lowest BCUT2D eigenvalue weighted by atomic mass is 9.99. The van der Waals surface area contributed by atoms with Crippen LogP contribution in [-0.2, 0) is 0 Å². The summed E-state index contributed by atoms with van der Waals surface area (Å²) in [7, 11) is 0. The average molecular weight is 700 g/mol. The number of fused-ring (bicyclic) bond motifs is 9. The quantitative estimate of drug-likeness (QED) is 0.184. The first-order chi connectivity index (χ1) is 27.2. The van der Waals surface area contributed by atoms with Gasteiger partial charge < -0.3 is 13.7 Å². The second-order valence-electron chi connectivity index (χ2n) is 13.9. The van der Waals surface area contributed by atoms with Crippen molar-refractivity contribution in [1.29, 1.82) is 10.5 Å². The molecule has 0 atom stereocenters. The molecule has 5 nitrogen and oxygen atoms in total. The Morgan fingerprint density at radius 1 is 0.327 bits per heavy atom. The van der Waals surface area contributed by atoms with Crippen LogP contribution in [0.5, 0.6) is 0 Å². The lowest BCUT2D eigenvalue weighted by Crippen LogP contribution is -2.02. The third-order valence-electron chi connectivity index (χ3n) is 11.1. The van der Waals surface area contributed by atoms with Gasteiger partial charge in [0.05, 0.1) is 73.4 Å². The highest BCUT2D eigenvalue weighted by Crippen LogP contribution is 2.43. The minimum atomic E-state index is 0.580. The summed E-state index contributed by atoms with van der Waals surface area (Å²) in [6, 6.07) is 65.9. The fraction of sp³-hybridized carbons (Fsp3) is 0. The second-order valence-corrected chi connectivity index (χ2v) is 13.9. The van der Waals surface area contributed by atoms with Gasteiger partial charge in [-0.25, -0.2) is 0 Å². The maximum Gasteiger partial charge on any atom is 0.0998 e. The number of nitrogens with zero attached hydrogens (tertiary/aromatic N) is 5. The number of hydrogen-bond acceptors (Lipinski definition) is 2. The van der Waals surface area contributed by atoms with Crippen LogP contribution in [0.1, 0.15) is 11.1 Å². The van der Waals surface area contributed by atoms with E-state index in [-0.39, 0.29) is 0 Å². The van der Waals surface area contributed by atoms with Crippen LogP contribution in [0.3, 0.4) is 0 Å². The number of aromatic nitrogens is 3. The van der Waals surface area contributed by atoms with Gasteiger partial charge in [-0.1, -0.05) is 109 Å². The fourth-order valence-electron chi connectivity index (χ4n) is 8.91. The summed E-state index contributed by atoms with van der Waals surface area (Å²) in [5.74, 6) is 0. The van der Waals surface area contributed by atoms with Crippen LogP contribution in [0.4, 0.5) is 0 Å². The van der Waals surface area contributed by atoms with Gasteiger partial charge in [0.15, 0.2) is 0 Å². The summed E-state index contributed by atoms with van der Waals surface area (Å²) in [5, 5.41) is 27.1. The summed E-state index contributed by atoms with van der Waals surface area (Å²) in [6.45, 7) is 0. The van der Waals surface area contributed by atoms with Gasteiger partial charge in [0.2, 0.25) is 0 Å². The van der Waals surface area contributed by atoms with Gasteiger partial charge in [-0.15, -0.1) is 0 Å². The van der Waals surface area contributed by atoms with Crippen molar-refractivity contribution < 1.29 is 0 Å². The molecule has 11 aromatic rings. The molecule has 0 N–H and O–H groups in total. The Labute approximate surface area is 316 Å². The molecule has 3 heterocycles. The third-order valence-corrected chi connectivity index (χ3v) is 11.1. The molecule has 3 aromatic heterocycles. The molecule has 254 valence electrons. The first-order valence-corrected chi connectivity index (χ1v) is 18.3. The van der Waals surface area contributed by atoms with Gasteiger partial charge >= 0.3 is 0 Å². The fourth-order valence-corrected chi connectivity index (χ4v) is 8.91. The molecule has 0 saturated carbocycles. The van der Waals surface area contributed by atoms with E-state index in [1.54, 1.807) is 0 Å². The van der Waals surface area contributed by atoms with E-state index < -0.39 is 0 Å². The zero-order chi connectivity index (χ0) is 36.6. The second kappa shape index (κ2) is 11.8. The highest BCUT2D eigenvalue weighted by Gasteiger charge is 2.23. The molecular weight excluding hydrogens is 671 g/mol. The maximum absolute atomic E-state index is 10.3. The molecule has 11 rings (SSSR count). The molecular formula is C50H29N5. The first kappa shape index (κ1) is 30.7. The third kappa shape index (κ3) is 4.33. The molecule has 0 aliphatic rings. The van der Waals surface area contributed by atoms with Crippen molar-refractivity contribution in [1.82, 2.24) is 13.7 Å². The molecule has 5 heteroatoms. The molecule has 0 aliphatic carbocycles. The zero-order valence-electron chi connectivity index (χ0n) is 29.5. The first-order valence-electron chi connectivity index (χ1n) is 18.3. The van der Waals surface area contributed by atoms with Gasteiger partial charge in [-0.2, -0.15) is 10.5 Å². The minimum absolute atomic E-state index is 0.580. The van der Waals surface area contributed by atoms with Crippen LogP contribution in [0.2, 0.25) is 0 Å². The van der Waals surface area contributed by atoms with Gasteiger partial charge in [-0.05, 0) is 66.7 Å². The highest BCUT2D eigenvalue weighted by molar-refractivity contribution is 6.17. The van der Waals surface area contributed by atoms with E-state index in [4.69, 9.17) is 0 Å². The van der Waals surface area contributed by atoms with Gasteiger partial charge in [-0.3, -0.25) is 0 Å². The number of benzene rings is 8. The SMILES string of the molecule is N#Cc1ccc(-c2ccccc2-n2c3ccccc3c3c(C#N)cccc32)c(-n2c3ccccc3c3c(-n4c5ccccc5c5ccccc54)cccc32)c1. The maximum atomic E-state index is 10.3. The Morgan fingerprint density at radius 2 is 0.782 bits per heavy atom. The summed E-state index contributed by atoms with van der Waals surface area (Å²) in [5.41, 5.74) is 12.6. The van der Waals surface area contributed by atoms with Crippen molar-refractivity contribution in [2.24, 2.45) is 0 Å². The van der Waals surface area contributed by atoms with Crippen molar-refractivity contribution in [3.8, 4) is 40.3 Å². The molecule has 0 radical (unpaired) electrons. The van der Waals surface area contributed by atoms with E-state index in [2.05, 4.69) is 165 Å². The van der Waals surface area contributed by atoms with Crippen LogP contribution in [0.15, 0.2) is 176 Å². The number of rotatable bonds is 4. The summed E-state index contributed by atoms with van der Waals surface area (Å²) in [4.78, 5) is 0. The smallest absolute Gasteiger partial charge is 0.0998 e. The standard InChI is InChI=1S/C50H29N5/c51-30-32-27-28-37(36-16-3-8-21-42(36)54-43-22-9-4-17-38(43)49-33(31-52)13-11-24-45(49)54)48(29-32)55-44-23-10-5-18-39(44)50-46(25-12-26-47(50)55)53-40-19-6-1-14-34(40)35-15-2-7-20-41(35)53/h1-29H.